The van der Waals surface area contributed by atoms with E-state index in [1.165, 1.54) is 0 Å². The fourth-order valence-electron chi connectivity index (χ4n) is 4.06. The van der Waals surface area contributed by atoms with E-state index in [2.05, 4.69) is 20.3 Å². The summed E-state index contributed by atoms with van der Waals surface area (Å²) in [5.74, 6) is 0.872. The monoisotopic (exact) mass is 440 g/mol. The molecule has 5 rings (SSSR count). The molecule has 1 aliphatic rings. The molecule has 0 bridgehead atoms. The third-order valence-corrected chi connectivity index (χ3v) is 5.84. The lowest BCUT2D eigenvalue weighted by atomic mass is 10.1. The average molecular weight is 441 g/mol. The molecule has 0 aliphatic carbocycles. The van der Waals surface area contributed by atoms with E-state index >= 15 is 0 Å². The van der Waals surface area contributed by atoms with Gasteiger partial charge in [-0.25, -0.2) is 4.98 Å². The summed E-state index contributed by atoms with van der Waals surface area (Å²) in [5, 5.41) is 2.94. The van der Waals surface area contributed by atoms with Crippen LogP contribution in [0.1, 0.15) is 29.6 Å². The lowest BCUT2D eigenvalue weighted by Gasteiger charge is -2.15. The summed E-state index contributed by atoms with van der Waals surface area (Å²) in [6.45, 7) is 2.07. The van der Waals surface area contributed by atoms with Crippen LogP contribution in [0.15, 0.2) is 67.4 Å². The molecule has 1 N–H and O–H groups in total. The predicted molar refractivity (Wildman–Crippen MR) is 124 cm³/mol. The summed E-state index contributed by atoms with van der Waals surface area (Å²) in [4.78, 5) is 39.2. The van der Waals surface area contributed by atoms with Crippen molar-refractivity contribution >= 4 is 17.3 Å². The number of amides is 2. The van der Waals surface area contributed by atoms with Crippen LogP contribution in [-0.4, -0.2) is 55.7 Å². The maximum Gasteiger partial charge on any atom is 0.251 e. The number of fused-ring (bicyclic) bond motifs is 1. The Hall–Kier alpha value is -4.07. The van der Waals surface area contributed by atoms with Crippen molar-refractivity contribution in [2.24, 2.45) is 0 Å². The van der Waals surface area contributed by atoms with E-state index in [-0.39, 0.29) is 11.8 Å². The molecule has 0 saturated carbocycles. The number of nitrogens with zero attached hydrogens (tertiary/aromatic N) is 5. The highest BCUT2D eigenvalue weighted by molar-refractivity contribution is 5.94. The first-order chi connectivity index (χ1) is 16.2. The van der Waals surface area contributed by atoms with Gasteiger partial charge < -0.3 is 10.2 Å². The smallest absolute Gasteiger partial charge is 0.251 e. The summed E-state index contributed by atoms with van der Waals surface area (Å²) in [6, 6.07) is 11.3. The molecule has 2 amide bonds. The van der Waals surface area contributed by atoms with Crippen molar-refractivity contribution in [3.63, 3.8) is 0 Å². The van der Waals surface area contributed by atoms with Crippen LogP contribution in [0.2, 0.25) is 0 Å². The molecule has 8 nitrogen and oxygen atoms in total. The number of pyridine rings is 1. The van der Waals surface area contributed by atoms with Gasteiger partial charge in [-0.3, -0.25) is 24.0 Å². The lowest BCUT2D eigenvalue weighted by molar-refractivity contribution is -0.127. The van der Waals surface area contributed by atoms with Gasteiger partial charge >= 0.3 is 0 Å². The third-order valence-electron chi connectivity index (χ3n) is 5.84. The van der Waals surface area contributed by atoms with Crippen molar-refractivity contribution in [1.82, 2.24) is 29.6 Å². The van der Waals surface area contributed by atoms with Gasteiger partial charge in [0.1, 0.15) is 5.82 Å². The largest absolute Gasteiger partial charge is 0.352 e. The highest BCUT2D eigenvalue weighted by Gasteiger charge is 2.19. The molecule has 0 spiro atoms. The third kappa shape index (κ3) is 4.45. The van der Waals surface area contributed by atoms with Crippen LogP contribution in [0.3, 0.4) is 0 Å². The van der Waals surface area contributed by atoms with Crippen molar-refractivity contribution in [3.8, 4) is 22.6 Å². The van der Waals surface area contributed by atoms with Crippen LogP contribution in [0.25, 0.3) is 28.2 Å². The minimum Gasteiger partial charge on any atom is -0.352 e. The average Bonchev–Trinajstić information content (AvgIpc) is 3.47. The molecule has 166 valence electrons. The van der Waals surface area contributed by atoms with Gasteiger partial charge in [0.05, 0.1) is 23.6 Å². The van der Waals surface area contributed by atoms with Crippen molar-refractivity contribution in [1.29, 1.82) is 0 Å². The van der Waals surface area contributed by atoms with Gasteiger partial charge in [-0.1, -0.05) is 12.1 Å². The molecule has 4 heterocycles. The van der Waals surface area contributed by atoms with E-state index in [1.54, 1.807) is 36.9 Å². The molecule has 0 atom stereocenters. The Bertz CT molecular complexity index is 1280. The maximum absolute atomic E-state index is 12.5. The molecule has 8 heteroatoms. The molecule has 3 aromatic heterocycles. The van der Waals surface area contributed by atoms with Crippen LogP contribution in [0.5, 0.6) is 0 Å². The number of hydrogen-bond donors (Lipinski definition) is 1. The van der Waals surface area contributed by atoms with Crippen LogP contribution in [-0.2, 0) is 4.79 Å². The van der Waals surface area contributed by atoms with Crippen LogP contribution >= 0.6 is 0 Å². The van der Waals surface area contributed by atoms with Crippen molar-refractivity contribution in [2.75, 3.05) is 19.6 Å². The fraction of sp³-hybridized carbons (Fsp3) is 0.240. The first-order valence-electron chi connectivity index (χ1n) is 11.1. The molecule has 4 aromatic rings. The van der Waals surface area contributed by atoms with Gasteiger partial charge in [0.2, 0.25) is 5.91 Å². The van der Waals surface area contributed by atoms with E-state index in [0.29, 0.717) is 25.1 Å². The first-order valence-corrected chi connectivity index (χ1v) is 11.1. The lowest BCUT2D eigenvalue weighted by Crippen LogP contribution is -2.30. The summed E-state index contributed by atoms with van der Waals surface area (Å²) < 4.78 is 1.99. The van der Waals surface area contributed by atoms with Gasteiger partial charge in [-0.2, -0.15) is 0 Å². The molecule has 1 fully saturated rings. The molecule has 1 aromatic carbocycles. The zero-order chi connectivity index (χ0) is 22.6. The summed E-state index contributed by atoms with van der Waals surface area (Å²) in [6.07, 6.45) is 11.4. The van der Waals surface area contributed by atoms with Crippen molar-refractivity contribution < 1.29 is 9.59 Å². The molecule has 1 aliphatic heterocycles. The molecule has 0 radical (unpaired) electrons. The van der Waals surface area contributed by atoms with Gasteiger partial charge in [0.25, 0.3) is 5.91 Å². The van der Waals surface area contributed by atoms with Crippen LogP contribution in [0, 0.1) is 0 Å². The number of aromatic nitrogens is 4. The number of nitrogens with one attached hydrogen (secondary N) is 1. The van der Waals surface area contributed by atoms with Gasteiger partial charge in [-0.15, -0.1) is 0 Å². The zero-order valence-corrected chi connectivity index (χ0v) is 18.1. The van der Waals surface area contributed by atoms with Crippen molar-refractivity contribution in [2.45, 2.75) is 19.3 Å². The molecular weight excluding hydrogens is 416 g/mol. The van der Waals surface area contributed by atoms with E-state index < -0.39 is 0 Å². The molecule has 1 saturated heterocycles. The number of carbonyl (C=O) groups excluding carboxylic acids is 2. The number of hydrogen-bond acceptors (Lipinski definition) is 5. The fourth-order valence-corrected chi connectivity index (χ4v) is 4.06. The zero-order valence-electron chi connectivity index (χ0n) is 18.1. The Morgan fingerprint density at radius 2 is 1.88 bits per heavy atom. The Kier molecular flexibility index (Phi) is 5.80. The van der Waals surface area contributed by atoms with E-state index in [4.69, 9.17) is 0 Å². The molecule has 0 unspecified atom stereocenters. The highest BCUT2D eigenvalue weighted by atomic mass is 16.2. The molecular formula is C25H24N6O2. The number of benzene rings is 1. The Morgan fingerprint density at radius 1 is 1.03 bits per heavy atom. The van der Waals surface area contributed by atoms with Crippen LogP contribution in [0.4, 0.5) is 0 Å². The van der Waals surface area contributed by atoms with E-state index in [9.17, 15) is 9.59 Å². The maximum atomic E-state index is 12.5. The second-order valence-corrected chi connectivity index (χ2v) is 8.06. The standard InChI is InChI=1S/C25H24N6O2/c32-23-5-2-12-30(23)13-3-11-27-25(33)19-8-6-18(7-9-19)24-29-16-21-15-28-22(17-31(21)24)20-4-1-10-26-14-20/h1,4,6-10,14-17H,2-3,5,11-13H2,(H,27,33). The molecule has 33 heavy (non-hydrogen) atoms. The minimum absolute atomic E-state index is 0.120. The summed E-state index contributed by atoms with van der Waals surface area (Å²) in [7, 11) is 0. The second-order valence-electron chi connectivity index (χ2n) is 8.06. The number of imidazole rings is 1. The quantitative estimate of drug-likeness (QED) is 0.446. The number of likely N-dealkylation sites (tertiary alicyclic amines) is 1. The minimum atomic E-state index is -0.120. The van der Waals surface area contributed by atoms with Crippen molar-refractivity contribution in [3.05, 3.63) is 72.9 Å². The highest BCUT2D eigenvalue weighted by Crippen LogP contribution is 2.23. The topological polar surface area (TPSA) is 92.5 Å². The first kappa shape index (κ1) is 20.8. The predicted octanol–water partition coefficient (Wildman–Crippen LogP) is 3.20. The van der Waals surface area contributed by atoms with Gasteiger partial charge in [0.15, 0.2) is 0 Å². The Labute approximate surface area is 191 Å². The van der Waals surface area contributed by atoms with E-state index in [0.717, 1.165) is 47.5 Å². The van der Waals surface area contributed by atoms with Gasteiger partial charge in [-0.05, 0) is 37.1 Å². The second kappa shape index (κ2) is 9.20. The normalized spacial score (nSPS) is 13.6. The Morgan fingerprint density at radius 3 is 2.64 bits per heavy atom. The van der Waals surface area contributed by atoms with Gasteiger partial charge in [0, 0.05) is 61.3 Å². The number of rotatable bonds is 7. The van der Waals surface area contributed by atoms with E-state index in [1.807, 2.05) is 39.8 Å². The SMILES string of the molecule is O=C(NCCCN1CCCC1=O)c1ccc(-c2ncc3cnc(-c4cccnc4)cn23)cc1. The Balaban J connectivity index is 1.26. The van der Waals surface area contributed by atoms with Crippen LogP contribution < -0.4 is 5.32 Å². The summed E-state index contributed by atoms with van der Waals surface area (Å²) in [5.41, 5.74) is 4.12. The summed E-state index contributed by atoms with van der Waals surface area (Å²) >= 11 is 0. The number of carbonyl (C=O) groups is 2.